The second-order valence-electron chi connectivity index (χ2n) is 6.29. The van der Waals surface area contributed by atoms with Gasteiger partial charge < -0.3 is 10.1 Å². The summed E-state index contributed by atoms with van der Waals surface area (Å²) in [6.07, 6.45) is 1.45. The minimum absolute atomic E-state index is 0.148. The number of carbonyl (C=O) groups excluding carboxylic acids is 1. The van der Waals surface area contributed by atoms with Crippen LogP contribution in [0.5, 0.6) is 5.75 Å². The fourth-order valence-corrected chi connectivity index (χ4v) is 3.61. The van der Waals surface area contributed by atoms with Crippen molar-refractivity contribution in [3.63, 3.8) is 0 Å². The van der Waals surface area contributed by atoms with Gasteiger partial charge in [-0.15, -0.1) is 5.10 Å². The second kappa shape index (κ2) is 9.10. The Labute approximate surface area is 181 Å². The Morgan fingerprint density at radius 1 is 1.13 bits per heavy atom. The molecule has 4 aromatic rings. The topological polar surface area (TPSA) is 94.8 Å². The minimum Gasteiger partial charge on any atom is -0.497 e. The van der Waals surface area contributed by atoms with Gasteiger partial charge >= 0.3 is 0 Å². The van der Waals surface area contributed by atoms with Gasteiger partial charge in [-0.3, -0.25) is 4.79 Å². The maximum Gasteiger partial charge on any atom is 0.234 e. The first-order valence-electron chi connectivity index (χ1n) is 8.98. The van der Waals surface area contributed by atoms with Gasteiger partial charge in [0.15, 0.2) is 11.2 Å². The molecule has 4 rings (SSSR count). The zero-order valence-corrected chi connectivity index (χ0v) is 17.5. The van der Waals surface area contributed by atoms with Crippen LogP contribution in [0.2, 0.25) is 5.02 Å². The summed E-state index contributed by atoms with van der Waals surface area (Å²) in [5.41, 5.74) is 2.90. The highest BCUT2D eigenvalue weighted by Gasteiger charge is 2.14. The number of fused-ring (bicyclic) bond motifs is 1. The lowest BCUT2D eigenvalue weighted by atomic mass is 10.2. The third-order valence-corrected chi connectivity index (χ3v) is 5.46. The van der Waals surface area contributed by atoms with Crippen LogP contribution in [0.15, 0.2) is 59.9 Å². The van der Waals surface area contributed by atoms with E-state index in [0.29, 0.717) is 33.4 Å². The lowest BCUT2D eigenvalue weighted by Gasteiger charge is -2.06. The largest absolute Gasteiger partial charge is 0.497 e. The first-order chi connectivity index (χ1) is 14.6. The summed E-state index contributed by atoms with van der Waals surface area (Å²) >= 11 is 7.22. The van der Waals surface area contributed by atoms with E-state index >= 15 is 0 Å². The third-order valence-electron chi connectivity index (χ3n) is 4.23. The van der Waals surface area contributed by atoms with E-state index < -0.39 is 0 Å². The number of nitrogens with one attached hydrogen (secondary N) is 1. The van der Waals surface area contributed by atoms with Crippen molar-refractivity contribution in [1.82, 2.24) is 25.0 Å². The highest BCUT2D eigenvalue weighted by molar-refractivity contribution is 8.00. The van der Waals surface area contributed by atoms with Crippen LogP contribution in [0.3, 0.4) is 0 Å². The molecule has 0 unspecified atom stereocenters. The summed E-state index contributed by atoms with van der Waals surface area (Å²) in [5, 5.41) is 12.5. The van der Waals surface area contributed by atoms with Gasteiger partial charge in [0.05, 0.1) is 19.4 Å². The number of carbonyl (C=O) groups is 1. The van der Waals surface area contributed by atoms with Crippen molar-refractivity contribution in [2.45, 2.75) is 11.6 Å². The van der Waals surface area contributed by atoms with E-state index in [1.807, 2.05) is 24.3 Å². The molecule has 2 aromatic carbocycles. The van der Waals surface area contributed by atoms with E-state index in [1.54, 1.807) is 36.1 Å². The molecular formula is C20H17ClN6O2S. The van der Waals surface area contributed by atoms with Crippen LogP contribution in [0.1, 0.15) is 5.56 Å². The molecule has 0 radical (unpaired) electrons. The highest BCUT2D eigenvalue weighted by atomic mass is 35.5. The Morgan fingerprint density at radius 2 is 1.90 bits per heavy atom. The van der Waals surface area contributed by atoms with E-state index in [4.69, 9.17) is 16.3 Å². The molecule has 0 saturated carbocycles. The Bertz CT molecular complexity index is 1160. The summed E-state index contributed by atoms with van der Waals surface area (Å²) in [4.78, 5) is 20.9. The van der Waals surface area contributed by atoms with Crippen LogP contribution >= 0.6 is 23.4 Å². The Kier molecular flexibility index (Phi) is 6.10. The first kappa shape index (κ1) is 20.1. The van der Waals surface area contributed by atoms with Gasteiger partial charge in [0.2, 0.25) is 5.91 Å². The zero-order chi connectivity index (χ0) is 20.9. The number of hydrogen-bond donors (Lipinski definition) is 1. The molecule has 0 fully saturated rings. The second-order valence-corrected chi connectivity index (χ2v) is 7.69. The van der Waals surface area contributed by atoms with Gasteiger partial charge in [0.25, 0.3) is 0 Å². The number of methoxy groups -OCH3 is 1. The van der Waals surface area contributed by atoms with Gasteiger partial charge in [-0.2, -0.15) is 0 Å². The average Bonchev–Trinajstić information content (AvgIpc) is 3.18. The molecule has 2 heterocycles. The van der Waals surface area contributed by atoms with Crippen molar-refractivity contribution in [1.29, 1.82) is 0 Å². The van der Waals surface area contributed by atoms with Gasteiger partial charge in [-0.1, -0.05) is 40.7 Å². The summed E-state index contributed by atoms with van der Waals surface area (Å²) in [7, 11) is 1.60. The smallest absolute Gasteiger partial charge is 0.234 e. The SMILES string of the molecule is COc1ccc(NC(=O)CSc2ncnc3c2nnn3Cc2ccc(Cl)cc2)cc1. The Hall–Kier alpha value is -3.17. The number of ether oxygens (including phenoxy) is 1. The summed E-state index contributed by atoms with van der Waals surface area (Å²) in [6, 6.07) is 14.7. The maximum atomic E-state index is 12.3. The maximum absolute atomic E-state index is 12.3. The number of aromatic nitrogens is 5. The molecule has 0 bridgehead atoms. The van der Waals surface area contributed by atoms with Crippen LogP contribution in [0, 0.1) is 0 Å². The predicted octanol–water partition coefficient (Wildman–Crippen LogP) is 3.66. The number of nitrogens with zero attached hydrogens (tertiary/aromatic N) is 5. The summed E-state index contributed by atoms with van der Waals surface area (Å²) in [5.74, 6) is 0.764. The van der Waals surface area contributed by atoms with Gasteiger partial charge in [0.1, 0.15) is 17.1 Å². The van der Waals surface area contributed by atoms with E-state index in [9.17, 15) is 4.79 Å². The Morgan fingerprint density at radius 3 is 2.63 bits per heavy atom. The Balaban J connectivity index is 1.43. The zero-order valence-electron chi connectivity index (χ0n) is 15.9. The number of amides is 1. The lowest BCUT2D eigenvalue weighted by Crippen LogP contribution is -2.14. The summed E-state index contributed by atoms with van der Waals surface area (Å²) < 4.78 is 6.81. The van der Waals surface area contributed by atoms with Crippen LogP contribution < -0.4 is 10.1 Å². The molecule has 2 aromatic heterocycles. The molecule has 10 heteroatoms. The highest BCUT2D eigenvalue weighted by Crippen LogP contribution is 2.23. The monoisotopic (exact) mass is 440 g/mol. The molecule has 0 spiro atoms. The van der Waals surface area contributed by atoms with Crippen molar-refractivity contribution >= 4 is 46.1 Å². The molecule has 0 aliphatic carbocycles. The van der Waals surface area contributed by atoms with Crippen molar-refractivity contribution < 1.29 is 9.53 Å². The van der Waals surface area contributed by atoms with E-state index in [1.165, 1.54) is 18.1 Å². The fourth-order valence-electron chi connectivity index (χ4n) is 2.75. The number of benzene rings is 2. The summed E-state index contributed by atoms with van der Waals surface area (Å²) in [6.45, 7) is 0.507. The third kappa shape index (κ3) is 4.69. The van der Waals surface area contributed by atoms with Crippen LogP contribution in [0.25, 0.3) is 11.2 Å². The van der Waals surface area contributed by atoms with Crippen LogP contribution in [-0.4, -0.2) is 43.7 Å². The molecular weight excluding hydrogens is 424 g/mol. The average molecular weight is 441 g/mol. The lowest BCUT2D eigenvalue weighted by molar-refractivity contribution is -0.113. The molecule has 30 heavy (non-hydrogen) atoms. The minimum atomic E-state index is -0.148. The molecule has 152 valence electrons. The van der Waals surface area contributed by atoms with E-state index in [2.05, 4.69) is 25.6 Å². The molecule has 1 N–H and O–H groups in total. The molecule has 0 saturated heterocycles. The van der Waals surface area contributed by atoms with Gasteiger partial charge in [-0.05, 0) is 42.0 Å². The van der Waals surface area contributed by atoms with Crippen LogP contribution in [0.4, 0.5) is 5.69 Å². The molecule has 1 amide bonds. The number of thioether (sulfide) groups is 1. The quantitative estimate of drug-likeness (QED) is 0.346. The molecule has 0 aliphatic rings. The van der Waals surface area contributed by atoms with Gasteiger partial charge in [-0.25, -0.2) is 14.6 Å². The van der Waals surface area contributed by atoms with Crippen molar-refractivity contribution in [3.05, 3.63) is 65.4 Å². The number of halogens is 1. The van der Waals surface area contributed by atoms with Crippen molar-refractivity contribution in [2.24, 2.45) is 0 Å². The molecule has 8 nitrogen and oxygen atoms in total. The van der Waals surface area contributed by atoms with Crippen LogP contribution in [-0.2, 0) is 11.3 Å². The predicted molar refractivity (Wildman–Crippen MR) is 116 cm³/mol. The van der Waals surface area contributed by atoms with Crippen molar-refractivity contribution in [2.75, 3.05) is 18.2 Å². The number of anilines is 1. The van der Waals surface area contributed by atoms with E-state index in [-0.39, 0.29) is 11.7 Å². The first-order valence-corrected chi connectivity index (χ1v) is 10.3. The fraction of sp³-hybridized carbons (Fsp3) is 0.150. The standard InChI is InChI=1S/C20H17ClN6O2S/c1-29-16-8-6-15(7-9-16)24-17(28)11-30-20-18-19(22-12-23-20)27(26-25-18)10-13-2-4-14(21)5-3-13/h2-9,12H,10-11H2,1H3,(H,24,28). The van der Waals surface area contributed by atoms with E-state index in [0.717, 1.165) is 11.3 Å². The van der Waals surface area contributed by atoms with Crippen molar-refractivity contribution in [3.8, 4) is 5.75 Å². The molecule has 0 atom stereocenters. The number of hydrogen-bond acceptors (Lipinski definition) is 7. The molecule has 0 aliphatic heterocycles. The van der Waals surface area contributed by atoms with Gasteiger partial charge in [0, 0.05) is 10.7 Å². The number of rotatable bonds is 7. The normalized spacial score (nSPS) is 10.9.